The minimum absolute atomic E-state index is 0.319. The van der Waals surface area contributed by atoms with E-state index in [0.717, 1.165) is 23.1 Å². The van der Waals surface area contributed by atoms with E-state index in [4.69, 9.17) is 34.8 Å². The van der Waals surface area contributed by atoms with Crippen LogP contribution in [-0.2, 0) is 0 Å². The fourth-order valence-corrected chi connectivity index (χ4v) is 4.06. The van der Waals surface area contributed by atoms with E-state index in [1.54, 1.807) is 30.5 Å². The molecule has 0 saturated carbocycles. The summed E-state index contributed by atoms with van der Waals surface area (Å²) in [6.07, 6.45) is 4.54. The van der Waals surface area contributed by atoms with E-state index in [9.17, 15) is 4.79 Å². The molecule has 1 aromatic heterocycles. The van der Waals surface area contributed by atoms with Gasteiger partial charge in [-0.2, -0.15) is 9.78 Å². The first-order valence-electron chi connectivity index (χ1n) is 10.7. The van der Waals surface area contributed by atoms with Gasteiger partial charge in [-0.15, -0.1) is 6.58 Å². The number of carbonyl (C=O) groups excluding carboxylic acids is 1. The lowest BCUT2D eigenvalue weighted by Gasteiger charge is -2.20. The SMILES string of the molecule is C=CCC(C)C(C)NCCNC(=O)n1cc(-c2ccc(Cl)cc2Cl)c(-c2ccc(Cl)cc2)n1. The number of halogens is 3. The van der Waals surface area contributed by atoms with Crippen LogP contribution in [0.4, 0.5) is 4.79 Å². The summed E-state index contributed by atoms with van der Waals surface area (Å²) in [4.78, 5) is 12.8. The molecule has 1 amide bonds. The minimum Gasteiger partial charge on any atom is -0.335 e. The van der Waals surface area contributed by atoms with E-state index in [2.05, 4.69) is 36.2 Å². The van der Waals surface area contributed by atoms with Gasteiger partial charge in [0.15, 0.2) is 0 Å². The second-order valence-electron chi connectivity index (χ2n) is 7.94. The molecule has 0 aliphatic carbocycles. The van der Waals surface area contributed by atoms with E-state index >= 15 is 0 Å². The Morgan fingerprint density at radius 1 is 1.06 bits per heavy atom. The average Bonchev–Trinajstić information content (AvgIpc) is 3.22. The van der Waals surface area contributed by atoms with E-state index < -0.39 is 0 Å². The Hall–Kier alpha value is -2.31. The normalized spacial score (nSPS) is 12.9. The number of benzene rings is 2. The van der Waals surface area contributed by atoms with Gasteiger partial charge in [-0.1, -0.05) is 66.0 Å². The summed E-state index contributed by atoms with van der Waals surface area (Å²) in [5, 5.41) is 12.5. The largest absolute Gasteiger partial charge is 0.342 e. The number of aromatic nitrogens is 2. The second-order valence-corrected chi connectivity index (χ2v) is 9.22. The molecule has 2 N–H and O–H groups in total. The van der Waals surface area contributed by atoms with Gasteiger partial charge < -0.3 is 10.6 Å². The predicted octanol–water partition coefficient (Wildman–Crippen LogP) is 6.93. The second kappa shape index (κ2) is 11.7. The predicted molar refractivity (Wildman–Crippen MR) is 138 cm³/mol. The topological polar surface area (TPSA) is 58.9 Å². The molecule has 0 aliphatic heterocycles. The molecule has 174 valence electrons. The van der Waals surface area contributed by atoms with Crippen molar-refractivity contribution in [3.05, 3.63) is 76.4 Å². The van der Waals surface area contributed by atoms with E-state index in [-0.39, 0.29) is 6.03 Å². The van der Waals surface area contributed by atoms with Crippen LogP contribution in [0.1, 0.15) is 20.3 Å². The molecule has 1 heterocycles. The van der Waals surface area contributed by atoms with Crippen LogP contribution in [0.25, 0.3) is 22.4 Å². The monoisotopic (exact) mass is 504 g/mol. The summed E-state index contributed by atoms with van der Waals surface area (Å²) in [5.41, 5.74) is 2.89. The van der Waals surface area contributed by atoms with Crippen molar-refractivity contribution in [2.45, 2.75) is 26.3 Å². The van der Waals surface area contributed by atoms with Crippen molar-refractivity contribution in [3.8, 4) is 22.4 Å². The first kappa shape index (κ1) is 25.3. The zero-order chi connectivity index (χ0) is 24.0. The highest BCUT2D eigenvalue weighted by Crippen LogP contribution is 2.36. The van der Waals surface area contributed by atoms with Crippen LogP contribution < -0.4 is 10.6 Å². The van der Waals surface area contributed by atoms with Crippen LogP contribution in [0.15, 0.2) is 61.3 Å². The van der Waals surface area contributed by atoms with Gasteiger partial charge in [0.05, 0.1) is 5.02 Å². The van der Waals surface area contributed by atoms with Crippen LogP contribution in [0.5, 0.6) is 0 Å². The van der Waals surface area contributed by atoms with Crippen molar-refractivity contribution in [1.29, 1.82) is 0 Å². The fourth-order valence-electron chi connectivity index (χ4n) is 3.42. The van der Waals surface area contributed by atoms with E-state index in [1.165, 1.54) is 4.68 Å². The maximum absolute atomic E-state index is 12.8. The van der Waals surface area contributed by atoms with Crippen molar-refractivity contribution < 1.29 is 4.79 Å². The molecule has 3 aromatic rings. The number of nitrogens with zero attached hydrogens (tertiary/aromatic N) is 2. The summed E-state index contributed by atoms with van der Waals surface area (Å²) >= 11 is 18.6. The molecule has 0 aliphatic rings. The molecule has 0 bridgehead atoms. The molecule has 5 nitrogen and oxygen atoms in total. The van der Waals surface area contributed by atoms with E-state index in [1.807, 2.05) is 24.3 Å². The Bertz CT molecular complexity index is 1110. The highest BCUT2D eigenvalue weighted by Gasteiger charge is 2.19. The van der Waals surface area contributed by atoms with Crippen molar-refractivity contribution in [3.63, 3.8) is 0 Å². The van der Waals surface area contributed by atoms with Gasteiger partial charge in [-0.25, -0.2) is 4.79 Å². The fraction of sp³-hybridized carbons (Fsp3) is 0.280. The lowest BCUT2D eigenvalue weighted by molar-refractivity contribution is 0.239. The molecule has 2 unspecified atom stereocenters. The molecule has 3 rings (SSSR count). The summed E-state index contributed by atoms with van der Waals surface area (Å²) in [6.45, 7) is 9.20. The Morgan fingerprint density at radius 2 is 1.76 bits per heavy atom. The smallest absolute Gasteiger partial charge is 0.335 e. The Balaban J connectivity index is 1.79. The number of hydrogen-bond donors (Lipinski definition) is 2. The van der Waals surface area contributed by atoms with Crippen molar-refractivity contribution in [1.82, 2.24) is 20.4 Å². The Kier molecular flexibility index (Phi) is 8.98. The summed E-state index contributed by atoms with van der Waals surface area (Å²) < 4.78 is 1.30. The third kappa shape index (κ3) is 6.61. The van der Waals surface area contributed by atoms with Gasteiger partial charge in [0.2, 0.25) is 0 Å². The third-order valence-corrected chi connectivity index (χ3v) is 6.32. The minimum atomic E-state index is -0.324. The van der Waals surface area contributed by atoms with Gasteiger partial charge >= 0.3 is 6.03 Å². The third-order valence-electron chi connectivity index (χ3n) is 5.52. The summed E-state index contributed by atoms with van der Waals surface area (Å²) in [6, 6.07) is 12.5. The maximum Gasteiger partial charge on any atom is 0.342 e. The van der Waals surface area contributed by atoms with Crippen LogP contribution in [0.2, 0.25) is 15.1 Å². The van der Waals surface area contributed by atoms with Gasteiger partial charge in [-0.05, 0) is 43.5 Å². The molecule has 0 saturated heterocycles. The zero-order valence-corrected chi connectivity index (χ0v) is 20.9. The standard InChI is InChI=1S/C25H27Cl3N4O/c1-4-5-16(2)17(3)29-12-13-30-25(33)32-15-22(21-11-10-20(27)14-23(21)28)24(31-32)18-6-8-19(26)9-7-18/h4,6-11,14-17,29H,1,5,12-13H2,2-3H3,(H,30,33). The number of nitrogens with one attached hydrogen (secondary N) is 2. The van der Waals surface area contributed by atoms with Crippen LogP contribution >= 0.6 is 34.8 Å². The molecule has 33 heavy (non-hydrogen) atoms. The lowest BCUT2D eigenvalue weighted by Crippen LogP contribution is -2.39. The highest BCUT2D eigenvalue weighted by molar-refractivity contribution is 6.36. The number of amides is 1. The van der Waals surface area contributed by atoms with Gasteiger partial charge in [0.25, 0.3) is 0 Å². The van der Waals surface area contributed by atoms with Crippen LogP contribution in [0, 0.1) is 5.92 Å². The highest BCUT2D eigenvalue weighted by atomic mass is 35.5. The first-order valence-corrected chi connectivity index (χ1v) is 11.9. The Labute approximate surface area is 209 Å². The molecule has 2 atom stereocenters. The van der Waals surface area contributed by atoms with Gasteiger partial charge in [0, 0.05) is 52.1 Å². The zero-order valence-electron chi connectivity index (χ0n) is 18.6. The molecule has 2 aromatic carbocycles. The first-order chi connectivity index (χ1) is 15.8. The lowest BCUT2D eigenvalue weighted by atomic mass is 10.00. The van der Waals surface area contributed by atoms with Crippen molar-refractivity contribution >= 4 is 40.8 Å². The number of carbonyl (C=O) groups is 1. The quantitative estimate of drug-likeness (QED) is 0.245. The number of rotatable bonds is 9. The molecule has 0 spiro atoms. The maximum atomic E-state index is 12.8. The number of allylic oxidation sites excluding steroid dienone is 1. The molecule has 0 fully saturated rings. The number of hydrogen-bond acceptors (Lipinski definition) is 3. The summed E-state index contributed by atoms with van der Waals surface area (Å²) in [7, 11) is 0. The van der Waals surface area contributed by atoms with Gasteiger partial charge in [-0.3, -0.25) is 0 Å². The van der Waals surface area contributed by atoms with Crippen LogP contribution in [0.3, 0.4) is 0 Å². The van der Waals surface area contributed by atoms with E-state index in [0.29, 0.717) is 45.8 Å². The molecule has 0 radical (unpaired) electrons. The van der Waals surface area contributed by atoms with Crippen molar-refractivity contribution in [2.24, 2.45) is 5.92 Å². The molecular formula is C25H27Cl3N4O. The summed E-state index contributed by atoms with van der Waals surface area (Å²) in [5.74, 6) is 0.470. The Morgan fingerprint density at radius 3 is 2.42 bits per heavy atom. The molecular weight excluding hydrogens is 479 g/mol. The average molecular weight is 506 g/mol. The van der Waals surface area contributed by atoms with Crippen molar-refractivity contribution in [2.75, 3.05) is 13.1 Å². The van der Waals surface area contributed by atoms with Gasteiger partial charge in [0.1, 0.15) is 5.69 Å². The van der Waals surface area contributed by atoms with Crippen LogP contribution in [-0.4, -0.2) is 34.9 Å². The molecule has 8 heteroatoms.